The van der Waals surface area contributed by atoms with Crippen LogP contribution in [0.4, 0.5) is 0 Å². The molecule has 0 spiro atoms. The summed E-state index contributed by atoms with van der Waals surface area (Å²) in [7, 11) is 0. The molecule has 4 unspecified atom stereocenters. The summed E-state index contributed by atoms with van der Waals surface area (Å²) >= 11 is 0. The Morgan fingerprint density at radius 1 is 1.60 bits per heavy atom. The lowest BCUT2D eigenvalue weighted by atomic mass is 9.76. The molecule has 0 radical (unpaired) electrons. The Kier molecular flexibility index (Phi) is 4.81. The van der Waals surface area contributed by atoms with Crippen molar-refractivity contribution in [3.05, 3.63) is 11.6 Å². The smallest absolute Gasteiger partial charge is 0.0611 e. The number of nitrogens with two attached hydrogens (primary N) is 1. The third kappa shape index (κ3) is 3.32. The van der Waals surface area contributed by atoms with Gasteiger partial charge in [0.1, 0.15) is 0 Å². The summed E-state index contributed by atoms with van der Waals surface area (Å²) in [6, 6.07) is 0. The van der Waals surface area contributed by atoms with Gasteiger partial charge in [0, 0.05) is 0 Å². The van der Waals surface area contributed by atoms with Crippen molar-refractivity contribution >= 4 is 0 Å². The molecule has 0 bridgehead atoms. The highest BCUT2D eigenvalue weighted by atomic mass is 16.3. The van der Waals surface area contributed by atoms with Crippen molar-refractivity contribution < 1.29 is 5.11 Å². The number of aliphatic hydroxyl groups excluding tert-OH is 1. The minimum Gasteiger partial charge on any atom is -0.392 e. The molecule has 88 valence electrons. The Hall–Kier alpha value is -0.340. The second-order valence-electron chi connectivity index (χ2n) is 5.08. The van der Waals surface area contributed by atoms with E-state index in [0.717, 1.165) is 19.3 Å². The topological polar surface area (TPSA) is 46.2 Å². The largest absolute Gasteiger partial charge is 0.392 e. The Morgan fingerprint density at radius 2 is 2.27 bits per heavy atom. The Balaban J connectivity index is 2.60. The van der Waals surface area contributed by atoms with E-state index in [1.807, 2.05) is 0 Å². The molecule has 0 saturated heterocycles. The monoisotopic (exact) mass is 211 g/mol. The molecule has 1 aliphatic rings. The zero-order valence-corrected chi connectivity index (χ0v) is 10.2. The van der Waals surface area contributed by atoms with Crippen molar-refractivity contribution in [3.8, 4) is 0 Å². The van der Waals surface area contributed by atoms with Gasteiger partial charge in [-0.15, -0.1) is 0 Å². The summed E-state index contributed by atoms with van der Waals surface area (Å²) in [5.41, 5.74) is 7.11. The molecule has 0 aromatic carbocycles. The first-order valence-electron chi connectivity index (χ1n) is 6.13. The van der Waals surface area contributed by atoms with Crippen LogP contribution in [0.15, 0.2) is 11.6 Å². The van der Waals surface area contributed by atoms with Crippen molar-refractivity contribution in [1.82, 2.24) is 0 Å². The summed E-state index contributed by atoms with van der Waals surface area (Å²) in [6.45, 7) is 7.10. The van der Waals surface area contributed by atoms with Crippen molar-refractivity contribution in [3.63, 3.8) is 0 Å². The second kappa shape index (κ2) is 5.66. The van der Waals surface area contributed by atoms with Crippen LogP contribution in [0.1, 0.15) is 40.0 Å². The standard InChI is InChI=1S/C13H25NO/c1-4-11(8-14)13(15)12-6-9(2)5-10(3)7-12/h5,9,11-13,15H,4,6-8,14H2,1-3H3. The van der Waals surface area contributed by atoms with Gasteiger partial charge in [0.15, 0.2) is 0 Å². The Bertz CT molecular complexity index is 221. The molecule has 1 aliphatic carbocycles. The van der Waals surface area contributed by atoms with E-state index >= 15 is 0 Å². The first kappa shape index (κ1) is 12.7. The van der Waals surface area contributed by atoms with E-state index in [9.17, 15) is 5.11 Å². The van der Waals surface area contributed by atoms with Crippen LogP contribution in [0, 0.1) is 17.8 Å². The zero-order valence-electron chi connectivity index (χ0n) is 10.2. The average molecular weight is 211 g/mol. The highest BCUT2D eigenvalue weighted by Crippen LogP contribution is 2.32. The van der Waals surface area contributed by atoms with E-state index in [-0.39, 0.29) is 12.0 Å². The molecule has 15 heavy (non-hydrogen) atoms. The van der Waals surface area contributed by atoms with Crippen LogP contribution in [0.2, 0.25) is 0 Å². The molecule has 3 N–H and O–H groups in total. The predicted molar refractivity (Wildman–Crippen MR) is 64.5 cm³/mol. The minimum atomic E-state index is -0.217. The molecule has 1 rings (SSSR count). The van der Waals surface area contributed by atoms with Crippen molar-refractivity contribution in [2.24, 2.45) is 23.5 Å². The van der Waals surface area contributed by atoms with Crippen LogP contribution in [0.5, 0.6) is 0 Å². The predicted octanol–water partition coefficient (Wildman–Crippen LogP) is 2.32. The van der Waals surface area contributed by atoms with E-state index in [0.29, 0.717) is 18.4 Å². The van der Waals surface area contributed by atoms with Gasteiger partial charge >= 0.3 is 0 Å². The normalized spacial score (nSPS) is 30.9. The molecule has 0 saturated carbocycles. The summed E-state index contributed by atoms with van der Waals surface area (Å²) in [4.78, 5) is 0. The van der Waals surface area contributed by atoms with E-state index in [4.69, 9.17) is 5.73 Å². The van der Waals surface area contributed by atoms with E-state index in [1.54, 1.807) is 0 Å². The van der Waals surface area contributed by atoms with Crippen LogP contribution in [-0.2, 0) is 0 Å². The Morgan fingerprint density at radius 3 is 2.73 bits per heavy atom. The van der Waals surface area contributed by atoms with Crippen LogP contribution >= 0.6 is 0 Å². The van der Waals surface area contributed by atoms with Crippen LogP contribution < -0.4 is 5.73 Å². The molecule has 0 fully saturated rings. The quantitative estimate of drug-likeness (QED) is 0.701. The molecular weight excluding hydrogens is 186 g/mol. The summed E-state index contributed by atoms with van der Waals surface area (Å²) in [6.07, 6.45) is 5.24. The molecule has 0 aromatic heterocycles. The second-order valence-corrected chi connectivity index (χ2v) is 5.08. The fourth-order valence-electron chi connectivity index (χ4n) is 2.79. The van der Waals surface area contributed by atoms with Gasteiger partial charge in [0.05, 0.1) is 6.10 Å². The van der Waals surface area contributed by atoms with Gasteiger partial charge in [0.2, 0.25) is 0 Å². The van der Waals surface area contributed by atoms with Crippen molar-refractivity contribution in [2.75, 3.05) is 6.54 Å². The van der Waals surface area contributed by atoms with E-state index in [1.165, 1.54) is 5.57 Å². The SMILES string of the molecule is CCC(CN)C(O)C1CC(C)=CC(C)C1. The van der Waals surface area contributed by atoms with Gasteiger partial charge in [-0.1, -0.05) is 25.5 Å². The molecule has 0 aromatic rings. The molecule has 0 heterocycles. The minimum absolute atomic E-state index is 0.217. The fourth-order valence-corrected chi connectivity index (χ4v) is 2.79. The third-order valence-electron chi connectivity index (χ3n) is 3.62. The van der Waals surface area contributed by atoms with Gasteiger partial charge in [-0.2, -0.15) is 0 Å². The van der Waals surface area contributed by atoms with Gasteiger partial charge in [-0.05, 0) is 50.5 Å². The number of hydrogen-bond donors (Lipinski definition) is 2. The third-order valence-corrected chi connectivity index (χ3v) is 3.62. The maximum atomic E-state index is 10.3. The van der Waals surface area contributed by atoms with Gasteiger partial charge in [-0.25, -0.2) is 0 Å². The molecule has 2 nitrogen and oxygen atoms in total. The van der Waals surface area contributed by atoms with Gasteiger partial charge < -0.3 is 10.8 Å². The van der Waals surface area contributed by atoms with Gasteiger partial charge in [0.25, 0.3) is 0 Å². The molecular formula is C13H25NO. The number of aliphatic hydroxyl groups is 1. The molecule has 0 amide bonds. The first-order chi connectivity index (χ1) is 7.08. The fraction of sp³-hybridized carbons (Fsp3) is 0.846. The number of hydrogen-bond acceptors (Lipinski definition) is 2. The highest BCUT2D eigenvalue weighted by molar-refractivity contribution is 5.07. The molecule has 0 aliphatic heterocycles. The summed E-state index contributed by atoms with van der Waals surface area (Å²) in [5.74, 6) is 1.29. The number of allylic oxidation sites excluding steroid dienone is 2. The van der Waals surface area contributed by atoms with E-state index < -0.39 is 0 Å². The summed E-state index contributed by atoms with van der Waals surface area (Å²) in [5, 5.41) is 10.3. The van der Waals surface area contributed by atoms with E-state index in [2.05, 4.69) is 26.8 Å². The maximum Gasteiger partial charge on any atom is 0.0611 e. The average Bonchev–Trinajstić information content (AvgIpc) is 2.18. The zero-order chi connectivity index (χ0) is 11.4. The first-order valence-corrected chi connectivity index (χ1v) is 6.13. The number of rotatable bonds is 4. The lowest BCUT2D eigenvalue weighted by molar-refractivity contribution is 0.0409. The van der Waals surface area contributed by atoms with Crippen molar-refractivity contribution in [2.45, 2.75) is 46.1 Å². The summed E-state index contributed by atoms with van der Waals surface area (Å²) < 4.78 is 0. The molecule has 2 heteroatoms. The van der Waals surface area contributed by atoms with Crippen LogP contribution in [0.3, 0.4) is 0 Å². The lowest BCUT2D eigenvalue weighted by Crippen LogP contribution is -2.35. The maximum absolute atomic E-state index is 10.3. The lowest BCUT2D eigenvalue weighted by Gasteiger charge is -2.33. The highest BCUT2D eigenvalue weighted by Gasteiger charge is 2.29. The van der Waals surface area contributed by atoms with Gasteiger partial charge in [-0.3, -0.25) is 0 Å². The molecule has 4 atom stereocenters. The Labute approximate surface area is 93.6 Å². The van der Waals surface area contributed by atoms with Crippen LogP contribution in [-0.4, -0.2) is 17.8 Å². The van der Waals surface area contributed by atoms with Crippen molar-refractivity contribution in [1.29, 1.82) is 0 Å². The van der Waals surface area contributed by atoms with Crippen LogP contribution in [0.25, 0.3) is 0 Å².